The summed E-state index contributed by atoms with van der Waals surface area (Å²) in [5.74, 6) is -1.43. The first kappa shape index (κ1) is 32.8. The highest BCUT2D eigenvalue weighted by atomic mass is 35.5. The monoisotopic (exact) mass is 604 g/mol. The molecule has 2 amide bonds. The molecule has 40 heavy (non-hydrogen) atoms. The third-order valence-corrected chi connectivity index (χ3v) is 8.22. The molecule has 0 spiro atoms. The van der Waals surface area contributed by atoms with Gasteiger partial charge in [-0.25, -0.2) is 36.7 Å². The topological polar surface area (TPSA) is 183 Å². The Balaban J connectivity index is 2.29. The number of methoxy groups -OCH3 is 1. The summed E-state index contributed by atoms with van der Waals surface area (Å²) >= 11 is 6.37. The Bertz CT molecular complexity index is 1270. The van der Waals surface area contributed by atoms with E-state index in [0.29, 0.717) is 12.8 Å². The number of benzene rings is 1. The molecule has 5 N–H and O–H groups in total. The van der Waals surface area contributed by atoms with Gasteiger partial charge >= 0.3 is 12.2 Å². The van der Waals surface area contributed by atoms with Crippen molar-refractivity contribution in [1.29, 1.82) is 0 Å². The zero-order valence-electron chi connectivity index (χ0n) is 22.5. The van der Waals surface area contributed by atoms with Crippen molar-refractivity contribution in [3.8, 4) is 0 Å². The Hall–Kier alpha value is -3.43. The molecule has 0 aliphatic rings. The number of nitrogens with one attached hydrogen (secondary N) is 3. The van der Waals surface area contributed by atoms with E-state index in [2.05, 4.69) is 25.9 Å². The number of rotatable bonds is 15. The van der Waals surface area contributed by atoms with Crippen LogP contribution in [0, 0.1) is 17.2 Å². The van der Waals surface area contributed by atoms with Crippen LogP contribution in [0.2, 0.25) is 5.02 Å². The van der Waals surface area contributed by atoms with E-state index in [-0.39, 0.29) is 41.0 Å². The maximum Gasteiger partial charge on any atom is 0.404 e. The normalized spacial score (nSPS) is 13.2. The van der Waals surface area contributed by atoms with Gasteiger partial charge in [-0.1, -0.05) is 25.4 Å². The van der Waals surface area contributed by atoms with Gasteiger partial charge in [-0.15, -0.1) is 0 Å². The van der Waals surface area contributed by atoms with E-state index < -0.39 is 45.7 Å². The third-order valence-electron chi connectivity index (χ3n) is 6.16. The van der Waals surface area contributed by atoms with Crippen molar-refractivity contribution < 1.29 is 37.3 Å². The molecule has 0 saturated heterocycles. The number of hydrogen-bond donors (Lipinski definition) is 5. The highest BCUT2D eigenvalue weighted by molar-refractivity contribution is 7.92. The van der Waals surface area contributed by atoms with Crippen LogP contribution >= 0.6 is 11.6 Å². The number of carboxylic acid groups (broad SMARTS) is 2. The van der Waals surface area contributed by atoms with Crippen LogP contribution in [0.5, 0.6) is 0 Å². The second kappa shape index (κ2) is 14.3. The molecule has 1 heterocycles. The van der Waals surface area contributed by atoms with Crippen molar-refractivity contribution in [1.82, 2.24) is 20.6 Å². The summed E-state index contributed by atoms with van der Waals surface area (Å²) in [6.45, 7) is 5.45. The molecule has 0 radical (unpaired) electrons. The van der Waals surface area contributed by atoms with Gasteiger partial charge in [0.25, 0.3) is 10.0 Å². The first-order valence-corrected chi connectivity index (χ1v) is 14.0. The van der Waals surface area contributed by atoms with E-state index in [1.807, 2.05) is 13.8 Å². The van der Waals surface area contributed by atoms with Gasteiger partial charge in [0.15, 0.2) is 0 Å². The minimum atomic E-state index is -4.48. The predicted octanol–water partition coefficient (Wildman–Crippen LogP) is 3.83. The van der Waals surface area contributed by atoms with E-state index in [4.69, 9.17) is 21.4 Å². The molecular weight excluding hydrogens is 571 g/mol. The molecular formula is C24H34ClFN6O7S. The SMILES string of the molecule is COCN(c1ccncn1)S(=O)(=O)c1cc(Cl)c(NC[C@H](CC(C)(C)CCNC(=O)O)[C@@H](C)NC(=O)O)cc1F. The minimum Gasteiger partial charge on any atom is -0.465 e. The highest BCUT2D eigenvalue weighted by Crippen LogP contribution is 2.34. The fourth-order valence-corrected chi connectivity index (χ4v) is 5.79. The Morgan fingerprint density at radius 2 is 1.95 bits per heavy atom. The summed E-state index contributed by atoms with van der Waals surface area (Å²) in [6.07, 6.45) is 1.08. The molecule has 13 nitrogen and oxygen atoms in total. The molecule has 0 saturated carbocycles. The molecule has 0 fully saturated rings. The number of hydrogen-bond acceptors (Lipinski definition) is 8. The Kier molecular flexibility index (Phi) is 11.7. The first-order valence-electron chi connectivity index (χ1n) is 12.1. The van der Waals surface area contributed by atoms with Gasteiger partial charge in [-0.3, -0.25) is 0 Å². The van der Waals surface area contributed by atoms with Crippen LogP contribution in [0.3, 0.4) is 0 Å². The standard InChI is InChI=1S/C24H34ClFN6O7S/c1-15(31-23(35)36)16(11-24(2,3)6-8-28-22(33)34)12-29-19-10-18(26)20(9-17(19)25)40(37,38)32(14-39-4)21-5-7-27-13-30-21/h5,7,9-10,13,15-16,28-29,31H,6,8,11-12,14H2,1-4H3,(H,33,34)(H,35,36)/t15-,16+/m1/s1. The Labute approximate surface area is 237 Å². The van der Waals surface area contributed by atoms with Crippen LogP contribution in [-0.2, 0) is 14.8 Å². The van der Waals surface area contributed by atoms with Crippen molar-refractivity contribution in [2.45, 2.75) is 44.6 Å². The fourth-order valence-electron chi connectivity index (χ4n) is 4.09. The maximum absolute atomic E-state index is 15.2. The van der Waals surface area contributed by atoms with Crippen molar-refractivity contribution in [2.75, 3.05) is 36.6 Å². The first-order chi connectivity index (χ1) is 18.7. The molecule has 222 valence electrons. The minimum absolute atomic E-state index is 0.0292. The zero-order chi connectivity index (χ0) is 30.1. The molecule has 2 atom stereocenters. The van der Waals surface area contributed by atoms with Crippen LogP contribution < -0.4 is 20.3 Å². The van der Waals surface area contributed by atoms with E-state index in [0.717, 1.165) is 22.8 Å². The quantitative estimate of drug-likeness (QED) is 0.187. The van der Waals surface area contributed by atoms with Crippen molar-refractivity contribution >= 4 is 45.3 Å². The highest BCUT2D eigenvalue weighted by Gasteiger charge is 2.31. The predicted molar refractivity (Wildman–Crippen MR) is 147 cm³/mol. The second-order valence-electron chi connectivity index (χ2n) is 9.83. The lowest BCUT2D eigenvalue weighted by atomic mass is 9.77. The molecule has 0 aliphatic carbocycles. The van der Waals surface area contributed by atoms with E-state index in [1.165, 1.54) is 19.4 Å². The molecule has 0 unspecified atom stereocenters. The molecule has 16 heteroatoms. The summed E-state index contributed by atoms with van der Waals surface area (Å²) in [5.41, 5.74) is -0.279. The van der Waals surface area contributed by atoms with Gasteiger partial charge in [-0.2, -0.15) is 0 Å². The molecule has 0 bridgehead atoms. The fraction of sp³-hybridized carbons (Fsp3) is 0.500. The van der Waals surface area contributed by atoms with Crippen LogP contribution in [0.4, 0.5) is 25.5 Å². The van der Waals surface area contributed by atoms with Gasteiger partial charge in [0.2, 0.25) is 0 Å². The molecule has 2 rings (SSSR count). The van der Waals surface area contributed by atoms with Gasteiger partial charge < -0.3 is 30.9 Å². The van der Waals surface area contributed by atoms with Crippen molar-refractivity contribution in [3.63, 3.8) is 0 Å². The number of nitrogens with zero attached hydrogens (tertiary/aromatic N) is 3. The lowest BCUT2D eigenvalue weighted by Gasteiger charge is -2.33. The van der Waals surface area contributed by atoms with Crippen LogP contribution in [0.1, 0.15) is 33.6 Å². The number of aromatic nitrogens is 2. The van der Waals surface area contributed by atoms with Gasteiger partial charge in [0, 0.05) is 38.5 Å². The average Bonchev–Trinajstić information content (AvgIpc) is 2.86. The molecule has 1 aromatic carbocycles. The summed E-state index contributed by atoms with van der Waals surface area (Å²) in [6, 6.07) is 2.73. The smallest absolute Gasteiger partial charge is 0.404 e. The number of sulfonamides is 1. The summed E-state index contributed by atoms with van der Waals surface area (Å²) in [4.78, 5) is 29.0. The van der Waals surface area contributed by atoms with Gasteiger partial charge in [0.1, 0.15) is 29.6 Å². The largest absolute Gasteiger partial charge is 0.465 e. The Morgan fingerprint density at radius 1 is 1.25 bits per heavy atom. The van der Waals surface area contributed by atoms with Crippen molar-refractivity contribution in [3.05, 3.63) is 41.6 Å². The van der Waals surface area contributed by atoms with E-state index in [1.54, 1.807) is 6.92 Å². The summed E-state index contributed by atoms with van der Waals surface area (Å²) < 4.78 is 47.6. The number of halogens is 2. The van der Waals surface area contributed by atoms with Crippen molar-refractivity contribution in [2.24, 2.45) is 11.3 Å². The Morgan fingerprint density at radius 3 is 2.52 bits per heavy atom. The third kappa shape index (κ3) is 9.34. The number of carbonyl (C=O) groups is 2. The van der Waals surface area contributed by atoms with Crippen LogP contribution in [0.25, 0.3) is 0 Å². The number of amides is 2. The van der Waals surface area contributed by atoms with Crippen LogP contribution in [0.15, 0.2) is 35.6 Å². The maximum atomic E-state index is 15.2. The second-order valence-corrected chi connectivity index (χ2v) is 12.1. The van der Waals surface area contributed by atoms with Gasteiger partial charge in [0.05, 0.1) is 10.7 Å². The lowest BCUT2D eigenvalue weighted by molar-refractivity contribution is 0.173. The number of ether oxygens (including phenoxy) is 1. The lowest BCUT2D eigenvalue weighted by Crippen LogP contribution is -2.42. The average molecular weight is 605 g/mol. The van der Waals surface area contributed by atoms with E-state index in [9.17, 15) is 23.1 Å². The van der Waals surface area contributed by atoms with Gasteiger partial charge in [-0.05, 0) is 43.2 Å². The summed E-state index contributed by atoms with van der Waals surface area (Å²) in [7, 11) is -3.20. The summed E-state index contributed by atoms with van der Waals surface area (Å²) in [5, 5.41) is 25.7. The molecule has 2 aromatic rings. The number of anilines is 2. The zero-order valence-corrected chi connectivity index (χ0v) is 24.1. The molecule has 0 aliphatic heterocycles. The van der Waals surface area contributed by atoms with E-state index >= 15 is 4.39 Å². The molecule has 1 aromatic heterocycles. The van der Waals surface area contributed by atoms with Crippen LogP contribution in [-0.4, -0.2) is 73.8 Å².